The molecule has 0 unspecified atom stereocenters. The second kappa shape index (κ2) is 12.7. The molecule has 1 aliphatic heterocycles. The minimum Gasteiger partial charge on any atom is -0.493 e. The Labute approximate surface area is 251 Å². The third-order valence-corrected chi connectivity index (χ3v) is 9.21. The summed E-state index contributed by atoms with van der Waals surface area (Å²) >= 11 is 0. The summed E-state index contributed by atoms with van der Waals surface area (Å²) in [6.07, 6.45) is 2.45. The molecule has 1 saturated heterocycles. The van der Waals surface area contributed by atoms with E-state index in [-0.39, 0.29) is 16.3 Å². The number of pyridine rings is 1. The smallest absolute Gasteiger partial charge is 0.265 e. The van der Waals surface area contributed by atoms with Gasteiger partial charge in [0.05, 0.1) is 36.3 Å². The number of likely N-dealkylation sites (N-methyl/N-ethyl adjacent to an activating group) is 1. The molecule has 230 valence electrons. The average Bonchev–Trinajstić information content (AvgIpc) is 3.24. The summed E-state index contributed by atoms with van der Waals surface area (Å²) in [5, 5.41) is 4.76. The van der Waals surface area contributed by atoms with Gasteiger partial charge in [-0.2, -0.15) is 5.10 Å². The van der Waals surface area contributed by atoms with Gasteiger partial charge in [-0.1, -0.05) is 0 Å². The molecule has 1 aliphatic rings. The van der Waals surface area contributed by atoms with E-state index in [1.165, 1.54) is 16.8 Å². The minimum absolute atomic E-state index is 0.0585. The predicted octanol–water partition coefficient (Wildman–Crippen LogP) is 4.34. The Kier molecular flexibility index (Phi) is 9.04. The number of aryl methyl sites for hydroxylation is 2. The number of rotatable bonds is 11. The van der Waals surface area contributed by atoms with Crippen molar-refractivity contribution in [3.05, 3.63) is 59.8 Å². The molecule has 5 rings (SSSR count). The van der Waals surface area contributed by atoms with Crippen molar-refractivity contribution in [1.29, 1.82) is 0 Å². The monoisotopic (exact) mass is 612 g/mol. The second-order valence-corrected chi connectivity index (χ2v) is 12.3. The zero-order valence-corrected chi connectivity index (χ0v) is 25.9. The molecule has 0 aliphatic carbocycles. The van der Waals surface area contributed by atoms with Gasteiger partial charge in [0.25, 0.3) is 10.0 Å². The fourth-order valence-electron chi connectivity index (χ4n) is 5.15. The first kappa shape index (κ1) is 30.5. The number of benzene rings is 2. The average molecular weight is 613 g/mol. The summed E-state index contributed by atoms with van der Waals surface area (Å²) in [5.74, 6) is 0.624. The van der Waals surface area contributed by atoms with E-state index >= 15 is 4.39 Å². The van der Waals surface area contributed by atoms with Crippen LogP contribution in [0.3, 0.4) is 0 Å². The van der Waals surface area contributed by atoms with Crippen molar-refractivity contribution in [1.82, 2.24) is 24.6 Å². The maximum Gasteiger partial charge on any atom is 0.265 e. The van der Waals surface area contributed by atoms with Gasteiger partial charge in [0.1, 0.15) is 10.6 Å². The highest BCUT2D eigenvalue weighted by atomic mass is 32.2. The number of halogens is 1. The number of piperazine rings is 1. The van der Waals surface area contributed by atoms with Crippen molar-refractivity contribution >= 4 is 26.6 Å². The van der Waals surface area contributed by atoms with Gasteiger partial charge in [0.2, 0.25) is 0 Å². The number of nitrogens with one attached hydrogen (secondary N) is 1. The number of hydrogen-bond donors (Lipinski definition) is 1. The number of hydrogen-bond acceptors (Lipinski definition) is 9. The maximum absolute atomic E-state index is 15.2. The van der Waals surface area contributed by atoms with Gasteiger partial charge >= 0.3 is 0 Å². The van der Waals surface area contributed by atoms with Gasteiger partial charge in [-0.15, -0.1) is 0 Å². The normalized spacial score (nSPS) is 14.7. The van der Waals surface area contributed by atoms with Gasteiger partial charge in [-0.3, -0.25) is 14.4 Å². The quantitative estimate of drug-likeness (QED) is 0.247. The summed E-state index contributed by atoms with van der Waals surface area (Å²) < 4.78 is 62.7. The standard InChI is InChI=1S/C30H37FN6O5S/c1-20-30(21(2)36(4)33-20)43(38,39)34-22-7-8-27(24(31)17-22)42-26-9-10-32-25-19-29(28(40-5)18-23(25)26)41-16-6-11-37-14-12-35(3)13-15-37/h7-10,17-19,34H,6,11-16H2,1-5H3. The molecule has 0 spiro atoms. The summed E-state index contributed by atoms with van der Waals surface area (Å²) in [6.45, 7) is 9.04. The number of fused-ring (bicyclic) bond motifs is 1. The molecule has 3 heterocycles. The van der Waals surface area contributed by atoms with Gasteiger partial charge < -0.3 is 24.0 Å². The van der Waals surface area contributed by atoms with Crippen LogP contribution in [0.25, 0.3) is 10.9 Å². The Hall–Kier alpha value is -3.94. The molecule has 13 heteroatoms. The van der Waals surface area contributed by atoms with Crippen LogP contribution < -0.4 is 18.9 Å². The molecule has 0 saturated carbocycles. The largest absolute Gasteiger partial charge is 0.493 e. The van der Waals surface area contributed by atoms with Crippen LogP contribution in [0.15, 0.2) is 47.5 Å². The predicted molar refractivity (Wildman–Crippen MR) is 162 cm³/mol. The molecule has 11 nitrogen and oxygen atoms in total. The molecule has 4 aromatic rings. The first-order valence-corrected chi connectivity index (χ1v) is 15.5. The Balaban J connectivity index is 1.29. The first-order chi connectivity index (χ1) is 20.6. The lowest BCUT2D eigenvalue weighted by molar-refractivity contribution is 0.145. The SMILES string of the molecule is COc1cc2c(Oc3ccc(NS(=O)(=O)c4c(C)nn(C)c4C)cc3F)ccnc2cc1OCCCN1CCN(C)CC1. The topological polar surface area (TPSA) is 111 Å². The minimum atomic E-state index is -3.98. The van der Waals surface area contributed by atoms with Crippen LogP contribution in [-0.2, 0) is 17.1 Å². The number of ether oxygens (including phenoxy) is 3. The van der Waals surface area contributed by atoms with Crippen molar-refractivity contribution < 1.29 is 27.0 Å². The molecule has 0 amide bonds. The number of anilines is 1. The van der Waals surface area contributed by atoms with Crippen LogP contribution in [0.5, 0.6) is 23.0 Å². The van der Waals surface area contributed by atoms with Crippen LogP contribution in [0.2, 0.25) is 0 Å². The van der Waals surface area contributed by atoms with Crippen LogP contribution in [0, 0.1) is 19.7 Å². The van der Waals surface area contributed by atoms with E-state index in [1.54, 1.807) is 52.4 Å². The first-order valence-electron chi connectivity index (χ1n) is 14.1. The van der Waals surface area contributed by atoms with Crippen molar-refractivity contribution in [2.24, 2.45) is 7.05 Å². The van der Waals surface area contributed by atoms with Gasteiger partial charge in [0.15, 0.2) is 23.1 Å². The Morgan fingerprint density at radius 1 is 0.977 bits per heavy atom. The van der Waals surface area contributed by atoms with Crippen molar-refractivity contribution in [3.63, 3.8) is 0 Å². The van der Waals surface area contributed by atoms with E-state index < -0.39 is 15.8 Å². The van der Waals surface area contributed by atoms with Crippen LogP contribution in [0.4, 0.5) is 10.1 Å². The lowest BCUT2D eigenvalue weighted by atomic mass is 10.1. The van der Waals surface area contributed by atoms with E-state index in [0.717, 1.165) is 45.2 Å². The van der Waals surface area contributed by atoms with Gasteiger partial charge in [-0.05, 0) is 51.6 Å². The lowest BCUT2D eigenvalue weighted by Crippen LogP contribution is -2.44. The summed E-state index contributed by atoms with van der Waals surface area (Å²) in [6, 6.07) is 9.06. The van der Waals surface area contributed by atoms with Crippen LogP contribution >= 0.6 is 0 Å². The molecule has 1 N–H and O–H groups in total. The number of nitrogens with zero attached hydrogens (tertiary/aromatic N) is 5. The van der Waals surface area contributed by atoms with Gasteiger partial charge in [0, 0.05) is 63.5 Å². The van der Waals surface area contributed by atoms with E-state index in [9.17, 15) is 8.42 Å². The lowest BCUT2D eigenvalue weighted by Gasteiger charge is -2.32. The summed E-state index contributed by atoms with van der Waals surface area (Å²) in [5.41, 5.74) is 1.49. The molecule has 1 fully saturated rings. The molecule has 0 radical (unpaired) electrons. The van der Waals surface area contributed by atoms with Crippen molar-refractivity contribution in [2.75, 3.05) is 58.2 Å². The maximum atomic E-state index is 15.2. The van der Waals surface area contributed by atoms with Crippen LogP contribution in [0.1, 0.15) is 17.8 Å². The fourth-order valence-corrected chi connectivity index (χ4v) is 6.64. The number of methoxy groups -OCH3 is 1. The number of aromatic nitrogens is 3. The zero-order chi connectivity index (χ0) is 30.7. The third-order valence-electron chi connectivity index (χ3n) is 7.57. The molecular formula is C30H37FN6O5S. The van der Waals surface area contributed by atoms with E-state index in [2.05, 4.69) is 31.7 Å². The van der Waals surface area contributed by atoms with E-state index in [1.807, 2.05) is 0 Å². The van der Waals surface area contributed by atoms with Gasteiger partial charge in [-0.25, -0.2) is 12.8 Å². The van der Waals surface area contributed by atoms with Crippen LogP contribution in [-0.4, -0.2) is 86.5 Å². The molecule has 0 atom stereocenters. The highest BCUT2D eigenvalue weighted by Crippen LogP contribution is 2.38. The molecule has 2 aromatic carbocycles. The molecular weight excluding hydrogens is 575 g/mol. The van der Waals surface area contributed by atoms with E-state index in [4.69, 9.17) is 14.2 Å². The molecule has 2 aromatic heterocycles. The summed E-state index contributed by atoms with van der Waals surface area (Å²) in [7, 11) is 1.38. The Morgan fingerprint density at radius 2 is 1.74 bits per heavy atom. The highest BCUT2D eigenvalue weighted by molar-refractivity contribution is 7.92. The Morgan fingerprint density at radius 3 is 2.42 bits per heavy atom. The second-order valence-electron chi connectivity index (χ2n) is 10.7. The molecule has 43 heavy (non-hydrogen) atoms. The zero-order valence-electron chi connectivity index (χ0n) is 25.1. The Bertz CT molecular complexity index is 1720. The molecule has 0 bridgehead atoms. The van der Waals surface area contributed by atoms with Crippen molar-refractivity contribution in [3.8, 4) is 23.0 Å². The highest BCUT2D eigenvalue weighted by Gasteiger charge is 2.24. The van der Waals surface area contributed by atoms with E-state index in [0.29, 0.717) is 46.1 Å². The number of sulfonamides is 1. The fraction of sp³-hybridized carbons (Fsp3) is 0.400. The third kappa shape index (κ3) is 6.84. The van der Waals surface area contributed by atoms with Crippen molar-refractivity contribution in [2.45, 2.75) is 25.2 Å². The summed E-state index contributed by atoms with van der Waals surface area (Å²) in [4.78, 5) is 9.28.